The standard InChI is InChI=1S/C14H28N2O2/c1-14(2,3)12(15)10-13(17)16-8-9-18-11-6-4-5-7-11/h11-12H,4-10,15H2,1-3H3,(H,16,17). The molecular weight excluding hydrogens is 228 g/mol. The lowest BCUT2D eigenvalue weighted by atomic mass is 9.85. The Kier molecular flexibility index (Phi) is 6.09. The van der Waals surface area contributed by atoms with Crippen molar-refractivity contribution in [3.8, 4) is 0 Å². The van der Waals surface area contributed by atoms with Gasteiger partial charge in [-0.15, -0.1) is 0 Å². The van der Waals surface area contributed by atoms with Crippen LogP contribution in [0.2, 0.25) is 0 Å². The van der Waals surface area contributed by atoms with Crippen molar-refractivity contribution in [3.63, 3.8) is 0 Å². The Morgan fingerprint density at radius 3 is 2.56 bits per heavy atom. The second kappa shape index (κ2) is 7.10. The number of carbonyl (C=O) groups excluding carboxylic acids is 1. The van der Waals surface area contributed by atoms with Gasteiger partial charge < -0.3 is 15.8 Å². The van der Waals surface area contributed by atoms with E-state index in [0.29, 0.717) is 25.7 Å². The quantitative estimate of drug-likeness (QED) is 0.713. The third-order valence-electron chi connectivity index (χ3n) is 3.60. The minimum absolute atomic E-state index is 0.0208. The molecule has 1 amide bonds. The molecule has 0 bridgehead atoms. The average molecular weight is 256 g/mol. The number of hydrogen-bond donors (Lipinski definition) is 2. The highest BCUT2D eigenvalue weighted by Crippen LogP contribution is 2.20. The minimum Gasteiger partial charge on any atom is -0.376 e. The summed E-state index contributed by atoms with van der Waals surface area (Å²) in [4.78, 5) is 11.6. The van der Waals surface area contributed by atoms with Crippen LogP contribution < -0.4 is 11.1 Å². The molecule has 1 fully saturated rings. The van der Waals surface area contributed by atoms with Crippen molar-refractivity contribution in [2.24, 2.45) is 11.1 Å². The molecule has 1 rings (SSSR count). The molecule has 1 unspecified atom stereocenters. The third-order valence-corrected chi connectivity index (χ3v) is 3.60. The van der Waals surface area contributed by atoms with Crippen LogP contribution in [-0.2, 0) is 9.53 Å². The van der Waals surface area contributed by atoms with Gasteiger partial charge >= 0.3 is 0 Å². The zero-order valence-electron chi connectivity index (χ0n) is 12.0. The van der Waals surface area contributed by atoms with Crippen molar-refractivity contribution < 1.29 is 9.53 Å². The molecule has 0 aromatic rings. The van der Waals surface area contributed by atoms with Gasteiger partial charge in [0.15, 0.2) is 0 Å². The number of nitrogens with one attached hydrogen (secondary N) is 1. The van der Waals surface area contributed by atoms with E-state index in [-0.39, 0.29) is 17.4 Å². The Morgan fingerprint density at radius 2 is 2.00 bits per heavy atom. The van der Waals surface area contributed by atoms with Gasteiger partial charge in [0, 0.05) is 19.0 Å². The molecule has 1 aliphatic carbocycles. The first-order valence-electron chi connectivity index (χ1n) is 7.03. The Morgan fingerprint density at radius 1 is 1.39 bits per heavy atom. The molecule has 1 atom stereocenters. The van der Waals surface area contributed by atoms with Gasteiger partial charge in [-0.05, 0) is 18.3 Å². The van der Waals surface area contributed by atoms with Gasteiger partial charge in [0.1, 0.15) is 0 Å². The molecule has 1 saturated carbocycles. The van der Waals surface area contributed by atoms with Gasteiger partial charge in [0.2, 0.25) is 5.91 Å². The number of carbonyl (C=O) groups is 1. The summed E-state index contributed by atoms with van der Waals surface area (Å²) >= 11 is 0. The van der Waals surface area contributed by atoms with Crippen LogP contribution >= 0.6 is 0 Å². The Bertz CT molecular complexity index is 255. The highest BCUT2D eigenvalue weighted by Gasteiger charge is 2.23. The van der Waals surface area contributed by atoms with Gasteiger partial charge in [0.25, 0.3) is 0 Å². The average Bonchev–Trinajstić information content (AvgIpc) is 2.75. The lowest BCUT2D eigenvalue weighted by Crippen LogP contribution is -2.40. The number of rotatable bonds is 6. The SMILES string of the molecule is CC(C)(C)C(N)CC(=O)NCCOC1CCCC1. The first-order valence-corrected chi connectivity index (χ1v) is 7.03. The maximum Gasteiger partial charge on any atom is 0.221 e. The highest BCUT2D eigenvalue weighted by atomic mass is 16.5. The molecule has 0 aliphatic heterocycles. The smallest absolute Gasteiger partial charge is 0.221 e. The molecule has 1 aliphatic rings. The van der Waals surface area contributed by atoms with Gasteiger partial charge in [-0.1, -0.05) is 33.6 Å². The van der Waals surface area contributed by atoms with Gasteiger partial charge in [-0.25, -0.2) is 0 Å². The van der Waals surface area contributed by atoms with E-state index >= 15 is 0 Å². The third kappa shape index (κ3) is 5.83. The normalized spacial score (nSPS) is 18.9. The van der Waals surface area contributed by atoms with Gasteiger partial charge in [-0.2, -0.15) is 0 Å². The first kappa shape index (κ1) is 15.4. The molecule has 0 saturated heterocycles. The molecule has 0 spiro atoms. The molecule has 0 aromatic carbocycles. The van der Waals surface area contributed by atoms with Gasteiger partial charge in [0.05, 0.1) is 12.7 Å². The van der Waals surface area contributed by atoms with E-state index < -0.39 is 0 Å². The first-order chi connectivity index (χ1) is 8.39. The summed E-state index contributed by atoms with van der Waals surface area (Å²) < 4.78 is 5.68. The van der Waals surface area contributed by atoms with E-state index in [0.717, 1.165) is 0 Å². The number of amides is 1. The van der Waals surface area contributed by atoms with Crippen LogP contribution in [0.1, 0.15) is 52.9 Å². The summed E-state index contributed by atoms with van der Waals surface area (Å²) in [6, 6.07) is -0.103. The van der Waals surface area contributed by atoms with Crippen LogP contribution in [0.4, 0.5) is 0 Å². The second-order valence-corrected chi connectivity index (χ2v) is 6.30. The second-order valence-electron chi connectivity index (χ2n) is 6.30. The fraction of sp³-hybridized carbons (Fsp3) is 0.929. The number of hydrogen-bond acceptors (Lipinski definition) is 3. The summed E-state index contributed by atoms with van der Waals surface area (Å²) in [5, 5.41) is 2.87. The summed E-state index contributed by atoms with van der Waals surface area (Å²) in [6.45, 7) is 7.35. The van der Waals surface area contributed by atoms with E-state index in [1.165, 1.54) is 25.7 Å². The summed E-state index contributed by atoms with van der Waals surface area (Å²) in [5.41, 5.74) is 5.93. The fourth-order valence-electron chi connectivity index (χ4n) is 2.05. The molecule has 4 heteroatoms. The van der Waals surface area contributed by atoms with Crippen molar-refractivity contribution in [1.29, 1.82) is 0 Å². The van der Waals surface area contributed by atoms with Crippen LogP contribution in [0.3, 0.4) is 0 Å². The molecular formula is C14H28N2O2. The van der Waals surface area contributed by atoms with Crippen molar-refractivity contribution >= 4 is 5.91 Å². The van der Waals surface area contributed by atoms with Crippen molar-refractivity contribution in [2.45, 2.75) is 65.0 Å². The lowest BCUT2D eigenvalue weighted by Gasteiger charge is -2.26. The van der Waals surface area contributed by atoms with Crippen LogP contribution in [-0.4, -0.2) is 31.2 Å². The van der Waals surface area contributed by atoms with Crippen LogP contribution in [0, 0.1) is 5.41 Å². The molecule has 18 heavy (non-hydrogen) atoms. The molecule has 3 N–H and O–H groups in total. The monoisotopic (exact) mass is 256 g/mol. The molecule has 4 nitrogen and oxygen atoms in total. The predicted molar refractivity (Wildman–Crippen MR) is 73.3 cm³/mol. The summed E-state index contributed by atoms with van der Waals surface area (Å²) in [6.07, 6.45) is 5.69. The Hall–Kier alpha value is -0.610. The van der Waals surface area contributed by atoms with E-state index in [1.807, 2.05) is 20.8 Å². The topological polar surface area (TPSA) is 64.4 Å². The van der Waals surface area contributed by atoms with Crippen LogP contribution in [0.15, 0.2) is 0 Å². The van der Waals surface area contributed by atoms with E-state index in [9.17, 15) is 4.79 Å². The number of nitrogens with two attached hydrogens (primary N) is 1. The van der Waals surface area contributed by atoms with Crippen LogP contribution in [0.25, 0.3) is 0 Å². The Labute approximate surface area is 111 Å². The van der Waals surface area contributed by atoms with Crippen molar-refractivity contribution in [1.82, 2.24) is 5.32 Å². The summed E-state index contributed by atoms with van der Waals surface area (Å²) in [5.74, 6) is 0.0208. The minimum atomic E-state index is -0.103. The maximum atomic E-state index is 11.6. The molecule has 0 heterocycles. The predicted octanol–water partition coefficient (Wildman–Crippen LogP) is 1.83. The Balaban J connectivity index is 2.06. The van der Waals surface area contributed by atoms with E-state index in [4.69, 9.17) is 10.5 Å². The van der Waals surface area contributed by atoms with Crippen molar-refractivity contribution in [2.75, 3.05) is 13.2 Å². The van der Waals surface area contributed by atoms with E-state index in [2.05, 4.69) is 5.32 Å². The zero-order valence-corrected chi connectivity index (χ0v) is 12.0. The number of ether oxygens (including phenoxy) is 1. The lowest BCUT2D eigenvalue weighted by molar-refractivity contribution is -0.122. The zero-order chi connectivity index (χ0) is 13.6. The highest BCUT2D eigenvalue weighted by molar-refractivity contribution is 5.76. The van der Waals surface area contributed by atoms with Crippen LogP contribution in [0.5, 0.6) is 0 Å². The molecule has 0 radical (unpaired) electrons. The van der Waals surface area contributed by atoms with Gasteiger partial charge in [-0.3, -0.25) is 4.79 Å². The van der Waals surface area contributed by atoms with E-state index in [1.54, 1.807) is 0 Å². The summed E-state index contributed by atoms with van der Waals surface area (Å²) in [7, 11) is 0. The fourth-order valence-corrected chi connectivity index (χ4v) is 2.05. The molecule has 106 valence electrons. The molecule has 0 aromatic heterocycles. The maximum absolute atomic E-state index is 11.6. The van der Waals surface area contributed by atoms with Crippen molar-refractivity contribution in [3.05, 3.63) is 0 Å². The largest absolute Gasteiger partial charge is 0.376 e.